The fraction of sp³-hybridized carbons (Fsp3) is 0.429. The van der Waals surface area contributed by atoms with Crippen molar-refractivity contribution in [2.45, 2.75) is 31.7 Å². The molecule has 1 aromatic rings. The molecule has 2 rings (SSSR count). The van der Waals surface area contributed by atoms with Gasteiger partial charge in [0.15, 0.2) is 0 Å². The molecule has 0 atom stereocenters. The maximum atomic E-state index is 11.3. The van der Waals surface area contributed by atoms with Gasteiger partial charge in [0, 0.05) is 11.6 Å². The average Bonchev–Trinajstić information content (AvgIpc) is 2.89. The Kier molecular flexibility index (Phi) is 4.83. The van der Waals surface area contributed by atoms with Gasteiger partial charge in [0.2, 0.25) is 5.91 Å². The van der Waals surface area contributed by atoms with Crippen LogP contribution in [-0.4, -0.2) is 23.5 Å². The summed E-state index contributed by atoms with van der Waals surface area (Å²) in [7, 11) is 0. The topological polar surface area (TPSA) is 72.4 Å². The van der Waals surface area contributed by atoms with Crippen LogP contribution in [0.4, 0.5) is 5.69 Å². The van der Waals surface area contributed by atoms with Crippen molar-refractivity contribution in [3.8, 4) is 0 Å². The standard InChI is InChI=1S/C14H18ClN3OS/c15-11-7-9(14(17)20)5-6-12(11)18(8-13(16)19)10-3-1-2-4-10/h5-7,10H,1-4,8H2,(H2,16,19)(H2,17,20). The molecule has 0 radical (unpaired) electrons. The maximum Gasteiger partial charge on any atom is 0.236 e. The van der Waals surface area contributed by atoms with Crippen LogP contribution in [0.25, 0.3) is 0 Å². The van der Waals surface area contributed by atoms with Crippen molar-refractivity contribution < 1.29 is 4.79 Å². The number of nitrogens with two attached hydrogens (primary N) is 2. The summed E-state index contributed by atoms with van der Waals surface area (Å²) in [5, 5.41) is 0.545. The van der Waals surface area contributed by atoms with E-state index in [9.17, 15) is 4.79 Å². The van der Waals surface area contributed by atoms with Crippen LogP contribution >= 0.6 is 23.8 Å². The number of benzene rings is 1. The third-order valence-corrected chi connectivity index (χ3v) is 4.17. The van der Waals surface area contributed by atoms with Gasteiger partial charge in [-0.1, -0.05) is 36.7 Å². The Hall–Kier alpha value is -1.33. The summed E-state index contributed by atoms with van der Waals surface area (Å²) < 4.78 is 0. The molecule has 0 spiro atoms. The van der Waals surface area contributed by atoms with E-state index in [0.717, 1.165) is 24.1 Å². The van der Waals surface area contributed by atoms with Crippen molar-refractivity contribution in [2.24, 2.45) is 11.5 Å². The third-order valence-electron chi connectivity index (χ3n) is 3.63. The molecule has 1 fully saturated rings. The molecule has 1 aromatic carbocycles. The van der Waals surface area contributed by atoms with Gasteiger partial charge >= 0.3 is 0 Å². The predicted octanol–water partition coefficient (Wildman–Crippen LogP) is 2.21. The molecule has 4 nitrogen and oxygen atoms in total. The molecule has 6 heteroatoms. The number of hydrogen-bond donors (Lipinski definition) is 2. The van der Waals surface area contributed by atoms with E-state index in [-0.39, 0.29) is 12.5 Å². The zero-order valence-electron chi connectivity index (χ0n) is 11.1. The smallest absolute Gasteiger partial charge is 0.236 e. The second-order valence-corrected chi connectivity index (χ2v) is 5.91. The number of primary amides is 1. The highest BCUT2D eigenvalue weighted by Crippen LogP contribution is 2.33. The first-order valence-electron chi connectivity index (χ1n) is 6.63. The monoisotopic (exact) mass is 311 g/mol. The molecular formula is C14H18ClN3OS. The first kappa shape index (κ1) is 15.1. The van der Waals surface area contributed by atoms with Gasteiger partial charge in [0.05, 0.1) is 17.3 Å². The van der Waals surface area contributed by atoms with E-state index in [1.54, 1.807) is 6.07 Å². The van der Waals surface area contributed by atoms with Crippen molar-refractivity contribution in [3.63, 3.8) is 0 Å². The van der Waals surface area contributed by atoms with Crippen LogP contribution in [0, 0.1) is 0 Å². The number of amides is 1. The Bertz CT molecular complexity index is 529. The summed E-state index contributed by atoms with van der Waals surface area (Å²) in [6, 6.07) is 5.74. The first-order valence-corrected chi connectivity index (χ1v) is 7.42. The average molecular weight is 312 g/mol. The first-order chi connectivity index (χ1) is 9.49. The zero-order chi connectivity index (χ0) is 14.7. The number of carbonyl (C=O) groups excluding carboxylic acids is 1. The Morgan fingerprint density at radius 1 is 1.35 bits per heavy atom. The van der Waals surface area contributed by atoms with Gasteiger partial charge < -0.3 is 16.4 Å². The van der Waals surface area contributed by atoms with Crippen LogP contribution in [0.3, 0.4) is 0 Å². The minimum atomic E-state index is -0.355. The minimum Gasteiger partial charge on any atom is -0.389 e. The van der Waals surface area contributed by atoms with Crippen molar-refractivity contribution in [2.75, 3.05) is 11.4 Å². The normalized spacial score (nSPS) is 15.2. The predicted molar refractivity (Wildman–Crippen MR) is 86.1 cm³/mol. The van der Waals surface area contributed by atoms with E-state index in [4.69, 9.17) is 35.3 Å². The highest BCUT2D eigenvalue weighted by molar-refractivity contribution is 7.80. The summed E-state index contributed by atoms with van der Waals surface area (Å²) in [4.78, 5) is 13.6. The molecule has 0 saturated heterocycles. The number of nitrogens with zero attached hydrogens (tertiary/aromatic N) is 1. The number of anilines is 1. The van der Waals surface area contributed by atoms with Gasteiger partial charge in [-0.15, -0.1) is 0 Å². The Morgan fingerprint density at radius 2 is 2.00 bits per heavy atom. The zero-order valence-corrected chi connectivity index (χ0v) is 12.7. The second kappa shape index (κ2) is 6.41. The Balaban J connectivity index is 2.32. The van der Waals surface area contributed by atoms with Crippen molar-refractivity contribution in [3.05, 3.63) is 28.8 Å². The Labute approximate surface area is 129 Å². The quantitative estimate of drug-likeness (QED) is 0.818. The van der Waals surface area contributed by atoms with Crippen LogP contribution in [0.1, 0.15) is 31.2 Å². The number of thiocarbonyl (C=S) groups is 1. The highest BCUT2D eigenvalue weighted by atomic mass is 35.5. The van der Waals surface area contributed by atoms with Gasteiger partial charge in [-0.2, -0.15) is 0 Å². The molecule has 0 aromatic heterocycles. The summed E-state index contributed by atoms with van der Waals surface area (Å²) in [5.74, 6) is -0.355. The number of rotatable bonds is 5. The summed E-state index contributed by atoms with van der Waals surface area (Å²) in [6.45, 7) is 0.177. The lowest BCUT2D eigenvalue weighted by Gasteiger charge is -2.31. The number of carbonyl (C=O) groups is 1. The van der Waals surface area contributed by atoms with Crippen molar-refractivity contribution in [1.29, 1.82) is 0 Å². The van der Waals surface area contributed by atoms with E-state index in [1.807, 2.05) is 17.0 Å². The van der Waals surface area contributed by atoms with Gasteiger partial charge in [0.25, 0.3) is 0 Å². The molecule has 4 N–H and O–H groups in total. The molecular weight excluding hydrogens is 294 g/mol. The summed E-state index contributed by atoms with van der Waals surface area (Å²) in [5.41, 5.74) is 12.5. The second-order valence-electron chi connectivity index (χ2n) is 5.06. The van der Waals surface area contributed by atoms with Gasteiger partial charge in [-0.3, -0.25) is 4.79 Å². The van der Waals surface area contributed by atoms with Crippen molar-refractivity contribution in [1.82, 2.24) is 0 Å². The lowest BCUT2D eigenvalue weighted by molar-refractivity contribution is -0.116. The molecule has 1 aliphatic rings. The lowest BCUT2D eigenvalue weighted by Crippen LogP contribution is -2.40. The number of halogens is 1. The van der Waals surface area contributed by atoms with Gasteiger partial charge in [-0.05, 0) is 31.0 Å². The molecule has 20 heavy (non-hydrogen) atoms. The van der Waals surface area contributed by atoms with E-state index in [1.165, 1.54) is 12.8 Å². The SMILES string of the molecule is NC(=O)CN(c1ccc(C(N)=S)cc1Cl)C1CCCC1. The molecule has 1 saturated carbocycles. The van der Waals surface area contributed by atoms with E-state index >= 15 is 0 Å². The van der Waals surface area contributed by atoms with E-state index in [0.29, 0.717) is 16.1 Å². The molecule has 0 bridgehead atoms. The molecule has 0 heterocycles. The molecule has 1 amide bonds. The lowest BCUT2D eigenvalue weighted by atomic mass is 10.1. The van der Waals surface area contributed by atoms with Crippen LogP contribution in [0.15, 0.2) is 18.2 Å². The summed E-state index contributed by atoms with van der Waals surface area (Å²) >= 11 is 11.3. The highest BCUT2D eigenvalue weighted by Gasteiger charge is 2.25. The molecule has 108 valence electrons. The van der Waals surface area contributed by atoms with E-state index in [2.05, 4.69) is 0 Å². The van der Waals surface area contributed by atoms with E-state index < -0.39 is 0 Å². The van der Waals surface area contributed by atoms with Crippen molar-refractivity contribution >= 4 is 40.4 Å². The van der Waals surface area contributed by atoms with Crippen LogP contribution in [0.2, 0.25) is 5.02 Å². The van der Waals surface area contributed by atoms with Crippen LogP contribution < -0.4 is 16.4 Å². The third kappa shape index (κ3) is 3.41. The molecule has 1 aliphatic carbocycles. The summed E-state index contributed by atoms with van der Waals surface area (Å²) in [6.07, 6.45) is 4.45. The van der Waals surface area contributed by atoms with Gasteiger partial charge in [-0.25, -0.2) is 0 Å². The minimum absolute atomic E-state index is 0.177. The molecule has 0 unspecified atom stereocenters. The largest absolute Gasteiger partial charge is 0.389 e. The van der Waals surface area contributed by atoms with Gasteiger partial charge in [0.1, 0.15) is 4.99 Å². The molecule has 0 aliphatic heterocycles. The maximum absolute atomic E-state index is 11.3. The fourth-order valence-corrected chi connectivity index (χ4v) is 3.10. The van der Waals surface area contributed by atoms with Crippen LogP contribution in [-0.2, 0) is 4.79 Å². The van der Waals surface area contributed by atoms with Crippen LogP contribution in [0.5, 0.6) is 0 Å². The fourth-order valence-electron chi connectivity index (χ4n) is 2.69. The Morgan fingerprint density at radius 3 is 2.50 bits per heavy atom. The number of hydrogen-bond acceptors (Lipinski definition) is 3.